The van der Waals surface area contributed by atoms with Gasteiger partial charge >= 0.3 is 5.97 Å². The third-order valence-corrected chi connectivity index (χ3v) is 3.20. The average Bonchev–Trinajstić information content (AvgIpc) is 2.28. The summed E-state index contributed by atoms with van der Waals surface area (Å²) >= 11 is 0. The molecule has 2 N–H and O–H groups in total. The first-order chi connectivity index (χ1) is 7.58. The van der Waals surface area contributed by atoms with Gasteiger partial charge in [-0.1, -0.05) is 26.2 Å². The molecule has 0 saturated heterocycles. The van der Waals surface area contributed by atoms with Crippen molar-refractivity contribution in [1.82, 2.24) is 5.32 Å². The molecule has 0 aromatic heterocycles. The first-order valence-corrected chi connectivity index (χ1v) is 6.18. The monoisotopic (exact) mass is 229 g/mol. The van der Waals surface area contributed by atoms with Crippen LogP contribution in [0.5, 0.6) is 0 Å². The average molecular weight is 229 g/mol. The molecule has 0 amide bonds. The first-order valence-electron chi connectivity index (χ1n) is 6.18. The van der Waals surface area contributed by atoms with Gasteiger partial charge in [-0.3, -0.25) is 4.79 Å². The molecule has 94 valence electrons. The van der Waals surface area contributed by atoms with Crippen LogP contribution >= 0.6 is 0 Å². The maximum atomic E-state index is 11.1. The molecule has 1 aliphatic carbocycles. The van der Waals surface area contributed by atoms with E-state index >= 15 is 0 Å². The first kappa shape index (κ1) is 13.5. The number of rotatable bonds is 6. The molecule has 0 spiro atoms. The second kappa shape index (κ2) is 6.21. The van der Waals surface area contributed by atoms with Crippen molar-refractivity contribution in [2.75, 3.05) is 13.2 Å². The third kappa shape index (κ3) is 3.76. The highest BCUT2D eigenvalue weighted by molar-refractivity contribution is 5.78. The van der Waals surface area contributed by atoms with E-state index in [1.54, 1.807) is 6.92 Å². The molecule has 1 unspecified atom stereocenters. The lowest BCUT2D eigenvalue weighted by molar-refractivity contribution is -0.148. The van der Waals surface area contributed by atoms with E-state index in [2.05, 4.69) is 5.32 Å². The van der Waals surface area contributed by atoms with Crippen molar-refractivity contribution in [3.8, 4) is 0 Å². The van der Waals surface area contributed by atoms with E-state index in [0.717, 1.165) is 12.8 Å². The van der Waals surface area contributed by atoms with Crippen LogP contribution in [0.15, 0.2) is 0 Å². The van der Waals surface area contributed by atoms with E-state index in [1.165, 1.54) is 19.3 Å². The summed E-state index contributed by atoms with van der Waals surface area (Å²) in [7, 11) is 0. The molecule has 0 aliphatic heterocycles. The van der Waals surface area contributed by atoms with Gasteiger partial charge in [0.15, 0.2) is 0 Å². The number of carbonyl (C=O) groups is 1. The highest BCUT2D eigenvalue weighted by Crippen LogP contribution is 2.21. The zero-order chi connectivity index (χ0) is 12.0. The van der Waals surface area contributed by atoms with Gasteiger partial charge in [-0.2, -0.15) is 0 Å². The largest absolute Gasteiger partial charge is 0.480 e. The lowest BCUT2D eigenvalue weighted by Crippen LogP contribution is -2.53. The lowest BCUT2D eigenvalue weighted by atomic mass is 9.97. The number of nitrogens with one attached hydrogen (secondary N) is 1. The Morgan fingerprint density at radius 1 is 1.44 bits per heavy atom. The Kier molecular flexibility index (Phi) is 5.22. The van der Waals surface area contributed by atoms with Crippen LogP contribution in [0.4, 0.5) is 0 Å². The van der Waals surface area contributed by atoms with Gasteiger partial charge in [0.05, 0.1) is 12.7 Å². The summed E-state index contributed by atoms with van der Waals surface area (Å²) in [6.07, 6.45) is 6.09. The van der Waals surface area contributed by atoms with Crippen LogP contribution in [0.1, 0.15) is 46.0 Å². The lowest BCUT2D eigenvalue weighted by Gasteiger charge is -2.29. The molecule has 0 heterocycles. The van der Waals surface area contributed by atoms with E-state index in [0.29, 0.717) is 6.54 Å². The standard InChI is InChI=1S/C12H23NO3/c1-3-13-12(2,11(14)15)9-16-10-7-5-4-6-8-10/h10,13H,3-9H2,1-2H3,(H,14,15). The van der Waals surface area contributed by atoms with Gasteiger partial charge in [0.1, 0.15) is 5.54 Å². The topological polar surface area (TPSA) is 58.6 Å². The number of likely N-dealkylation sites (N-methyl/N-ethyl adjacent to an activating group) is 1. The van der Waals surface area contributed by atoms with Crippen molar-refractivity contribution >= 4 is 5.97 Å². The highest BCUT2D eigenvalue weighted by Gasteiger charge is 2.33. The summed E-state index contributed by atoms with van der Waals surface area (Å²) in [4.78, 5) is 11.1. The molecule has 0 aromatic carbocycles. The molecular weight excluding hydrogens is 206 g/mol. The second-order valence-corrected chi connectivity index (χ2v) is 4.74. The predicted molar refractivity (Wildman–Crippen MR) is 62.5 cm³/mol. The normalized spacial score (nSPS) is 21.6. The molecule has 0 radical (unpaired) electrons. The summed E-state index contributed by atoms with van der Waals surface area (Å²) in [5.74, 6) is -0.842. The van der Waals surface area contributed by atoms with Crippen molar-refractivity contribution in [2.45, 2.75) is 57.6 Å². The zero-order valence-corrected chi connectivity index (χ0v) is 10.3. The molecule has 4 heteroatoms. The molecule has 0 aromatic rings. The fourth-order valence-corrected chi connectivity index (χ4v) is 2.09. The summed E-state index contributed by atoms with van der Waals surface area (Å²) in [6.45, 7) is 4.47. The van der Waals surface area contributed by atoms with Crippen molar-refractivity contribution in [2.24, 2.45) is 0 Å². The Balaban J connectivity index is 2.39. The molecule has 1 atom stereocenters. The van der Waals surface area contributed by atoms with Crippen molar-refractivity contribution in [3.05, 3.63) is 0 Å². The van der Waals surface area contributed by atoms with Gasteiger partial charge in [-0.25, -0.2) is 0 Å². The van der Waals surface area contributed by atoms with E-state index in [-0.39, 0.29) is 12.7 Å². The number of ether oxygens (including phenoxy) is 1. The molecule has 1 fully saturated rings. The van der Waals surface area contributed by atoms with Crippen molar-refractivity contribution in [1.29, 1.82) is 0 Å². The van der Waals surface area contributed by atoms with Crippen LogP contribution in [0.2, 0.25) is 0 Å². The van der Waals surface area contributed by atoms with Gasteiger partial charge in [-0.15, -0.1) is 0 Å². The smallest absolute Gasteiger partial charge is 0.326 e. The SMILES string of the molecule is CCNC(C)(COC1CCCCC1)C(=O)O. The quantitative estimate of drug-likeness (QED) is 0.729. The Bertz CT molecular complexity index is 226. The van der Waals surface area contributed by atoms with Crippen LogP contribution in [-0.4, -0.2) is 35.9 Å². The number of hydrogen-bond donors (Lipinski definition) is 2. The Morgan fingerprint density at radius 3 is 2.56 bits per heavy atom. The number of carboxylic acid groups (broad SMARTS) is 1. The molecule has 0 bridgehead atoms. The van der Waals surface area contributed by atoms with Crippen molar-refractivity contribution < 1.29 is 14.6 Å². The minimum absolute atomic E-state index is 0.251. The molecule has 4 nitrogen and oxygen atoms in total. The van der Waals surface area contributed by atoms with Crippen molar-refractivity contribution in [3.63, 3.8) is 0 Å². The summed E-state index contributed by atoms with van der Waals surface area (Å²) in [5.41, 5.74) is -0.952. The minimum Gasteiger partial charge on any atom is -0.480 e. The van der Waals surface area contributed by atoms with E-state index < -0.39 is 11.5 Å². The third-order valence-electron chi connectivity index (χ3n) is 3.20. The molecule has 1 saturated carbocycles. The van der Waals surface area contributed by atoms with Crippen LogP contribution in [0.25, 0.3) is 0 Å². The van der Waals surface area contributed by atoms with E-state index in [1.807, 2.05) is 6.92 Å². The van der Waals surface area contributed by atoms with Crippen LogP contribution in [-0.2, 0) is 9.53 Å². The highest BCUT2D eigenvalue weighted by atomic mass is 16.5. The molecule has 16 heavy (non-hydrogen) atoms. The van der Waals surface area contributed by atoms with Crippen LogP contribution in [0.3, 0.4) is 0 Å². The van der Waals surface area contributed by atoms with E-state index in [9.17, 15) is 4.79 Å². The maximum absolute atomic E-state index is 11.1. The van der Waals surface area contributed by atoms with Gasteiger partial charge < -0.3 is 15.2 Å². The number of carboxylic acids is 1. The number of hydrogen-bond acceptors (Lipinski definition) is 3. The van der Waals surface area contributed by atoms with Gasteiger partial charge in [-0.05, 0) is 26.3 Å². The Morgan fingerprint density at radius 2 is 2.06 bits per heavy atom. The summed E-state index contributed by atoms with van der Waals surface area (Å²) in [6, 6.07) is 0. The molecular formula is C12H23NO3. The van der Waals surface area contributed by atoms with Gasteiger partial charge in [0, 0.05) is 0 Å². The predicted octanol–water partition coefficient (Wildman–Crippen LogP) is 1.79. The van der Waals surface area contributed by atoms with Crippen LogP contribution < -0.4 is 5.32 Å². The molecule has 1 aliphatic rings. The van der Waals surface area contributed by atoms with Crippen LogP contribution in [0, 0.1) is 0 Å². The number of aliphatic carboxylic acids is 1. The second-order valence-electron chi connectivity index (χ2n) is 4.74. The fourth-order valence-electron chi connectivity index (χ4n) is 2.09. The summed E-state index contributed by atoms with van der Waals surface area (Å²) < 4.78 is 5.72. The Labute approximate surface area is 97.4 Å². The van der Waals surface area contributed by atoms with E-state index in [4.69, 9.17) is 9.84 Å². The fraction of sp³-hybridized carbons (Fsp3) is 0.917. The van der Waals surface area contributed by atoms with Gasteiger partial charge in [0.2, 0.25) is 0 Å². The van der Waals surface area contributed by atoms with Gasteiger partial charge in [0.25, 0.3) is 0 Å². The Hall–Kier alpha value is -0.610. The zero-order valence-electron chi connectivity index (χ0n) is 10.3. The maximum Gasteiger partial charge on any atom is 0.326 e. The molecule has 1 rings (SSSR count). The summed E-state index contributed by atoms with van der Waals surface area (Å²) in [5, 5.41) is 12.1. The minimum atomic E-state index is -0.952.